The lowest BCUT2D eigenvalue weighted by molar-refractivity contribution is 0.595. The van der Waals surface area contributed by atoms with Crippen molar-refractivity contribution in [3.05, 3.63) is 47.4 Å². The van der Waals surface area contributed by atoms with Crippen LogP contribution in [0.15, 0.2) is 41.6 Å². The smallest absolute Gasteiger partial charge is 0.281 e. The van der Waals surface area contributed by atoms with Gasteiger partial charge in [-0.15, -0.1) is 0 Å². The molecule has 0 aliphatic carbocycles. The molecular weight excluding hydrogens is 317 g/mol. The molecular formula is C13H13ClFN3O2S. The van der Waals surface area contributed by atoms with E-state index in [0.29, 0.717) is 12.2 Å². The molecule has 2 rings (SSSR count). The van der Waals surface area contributed by atoms with Crippen molar-refractivity contribution in [1.29, 1.82) is 0 Å². The number of aromatic nitrogens is 1. The molecule has 0 radical (unpaired) electrons. The van der Waals surface area contributed by atoms with Gasteiger partial charge in [0, 0.05) is 12.7 Å². The summed E-state index contributed by atoms with van der Waals surface area (Å²) in [7, 11) is -4.06. The van der Waals surface area contributed by atoms with Gasteiger partial charge in [-0.05, 0) is 31.2 Å². The molecule has 0 amide bonds. The van der Waals surface area contributed by atoms with Crippen LogP contribution in [-0.4, -0.2) is 19.9 Å². The molecule has 0 bridgehead atoms. The summed E-state index contributed by atoms with van der Waals surface area (Å²) in [6, 6.07) is 7.08. The number of nitrogens with one attached hydrogen (secondary N) is 2. The summed E-state index contributed by atoms with van der Waals surface area (Å²) in [4.78, 5) is 3.85. The van der Waals surface area contributed by atoms with Gasteiger partial charge in [0.25, 0.3) is 10.0 Å². The fraction of sp³-hybridized carbons (Fsp3) is 0.154. The minimum Gasteiger partial charge on any atom is -0.383 e. The monoisotopic (exact) mass is 329 g/mol. The first-order valence-corrected chi connectivity index (χ1v) is 7.97. The molecule has 1 aromatic heterocycles. The largest absolute Gasteiger partial charge is 0.383 e. The summed E-state index contributed by atoms with van der Waals surface area (Å²) >= 11 is 5.82. The van der Waals surface area contributed by atoms with Gasteiger partial charge >= 0.3 is 0 Å². The molecule has 0 saturated heterocycles. The van der Waals surface area contributed by atoms with Crippen LogP contribution < -0.4 is 10.0 Å². The van der Waals surface area contributed by atoms with Crippen LogP contribution in [0, 0.1) is 5.82 Å². The third kappa shape index (κ3) is 3.43. The van der Waals surface area contributed by atoms with E-state index in [1.807, 2.05) is 6.92 Å². The van der Waals surface area contributed by atoms with Gasteiger partial charge in [0.2, 0.25) is 0 Å². The number of pyridine rings is 1. The van der Waals surface area contributed by atoms with Crippen LogP contribution in [0.3, 0.4) is 0 Å². The molecule has 1 aromatic carbocycles. The number of hydrogen-bond donors (Lipinski definition) is 2. The Kier molecular flexibility index (Phi) is 4.64. The molecule has 0 atom stereocenters. The Morgan fingerprint density at radius 2 is 2.05 bits per heavy atom. The number of benzene rings is 1. The van der Waals surface area contributed by atoms with E-state index in [1.165, 1.54) is 18.3 Å². The average Bonchev–Trinajstić information content (AvgIpc) is 2.44. The van der Waals surface area contributed by atoms with Crippen LogP contribution in [0.1, 0.15) is 6.92 Å². The van der Waals surface area contributed by atoms with Crippen molar-refractivity contribution in [3.8, 4) is 0 Å². The highest BCUT2D eigenvalue weighted by molar-refractivity contribution is 7.92. The predicted octanol–water partition coefficient (Wildman–Crippen LogP) is 3.11. The molecule has 8 heteroatoms. The highest BCUT2D eigenvalue weighted by Gasteiger charge is 2.22. The van der Waals surface area contributed by atoms with E-state index >= 15 is 0 Å². The van der Waals surface area contributed by atoms with Crippen molar-refractivity contribution >= 4 is 33.0 Å². The Morgan fingerprint density at radius 3 is 2.71 bits per heavy atom. The Morgan fingerprint density at radius 1 is 1.29 bits per heavy atom. The maximum absolute atomic E-state index is 13.7. The summed E-state index contributed by atoms with van der Waals surface area (Å²) < 4.78 is 40.6. The first kappa shape index (κ1) is 15.5. The lowest BCUT2D eigenvalue weighted by atomic mass is 10.3. The second-order valence-electron chi connectivity index (χ2n) is 4.09. The van der Waals surface area contributed by atoms with Gasteiger partial charge in [-0.1, -0.05) is 17.7 Å². The van der Waals surface area contributed by atoms with E-state index in [1.54, 1.807) is 12.1 Å². The molecule has 0 aliphatic rings. The van der Waals surface area contributed by atoms with Crippen molar-refractivity contribution in [1.82, 2.24) is 4.98 Å². The molecule has 0 unspecified atom stereocenters. The van der Waals surface area contributed by atoms with Crippen molar-refractivity contribution in [3.63, 3.8) is 0 Å². The van der Waals surface area contributed by atoms with E-state index in [9.17, 15) is 12.8 Å². The number of halogens is 2. The fourth-order valence-corrected chi connectivity index (χ4v) is 3.18. The molecule has 5 nitrogen and oxygen atoms in total. The summed E-state index contributed by atoms with van der Waals surface area (Å²) in [5, 5.41) is 2.64. The third-order valence-corrected chi connectivity index (χ3v) is 4.21. The van der Waals surface area contributed by atoms with Crippen molar-refractivity contribution in [2.75, 3.05) is 16.6 Å². The second-order valence-corrected chi connectivity index (χ2v) is 6.09. The van der Waals surface area contributed by atoms with Gasteiger partial charge in [0.15, 0.2) is 5.03 Å². The van der Waals surface area contributed by atoms with Gasteiger partial charge in [0.1, 0.15) is 11.5 Å². The minimum atomic E-state index is -4.06. The summed E-state index contributed by atoms with van der Waals surface area (Å²) in [5.41, 5.74) is 0.0345. The molecule has 0 fully saturated rings. The van der Waals surface area contributed by atoms with E-state index in [2.05, 4.69) is 15.0 Å². The Bertz CT molecular complexity index is 733. The Labute approximate surface area is 127 Å². The molecule has 21 heavy (non-hydrogen) atoms. The normalized spacial score (nSPS) is 11.2. The van der Waals surface area contributed by atoms with Gasteiger partial charge in [-0.25, -0.2) is 9.37 Å². The molecule has 0 aliphatic heterocycles. The van der Waals surface area contributed by atoms with Crippen molar-refractivity contribution < 1.29 is 12.8 Å². The van der Waals surface area contributed by atoms with Gasteiger partial charge in [0.05, 0.1) is 10.7 Å². The third-order valence-electron chi connectivity index (χ3n) is 2.59. The SMILES string of the molecule is CCNc1cccnc1S(=O)(=O)Nc1c(F)cccc1Cl. The predicted molar refractivity (Wildman–Crippen MR) is 80.6 cm³/mol. The zero-order valence-corrected chi connectivity index (χ0v) is 12.7. The highest BCUT2D eigenvalue weighted by Crippen LogP contribution is 2.28. The maximum Gasteiger partial charge on any atom is 0.281 e. The number of para-hydroxylation sites is 1. The van der Waals surface area contributed by atoms with Crippen LogP contribution in [0.2, 0.25) is 5.02 Å². The molecule has 1 heterocycles. The van der Waals surface area contributed by atoms with Gasteiger partial charge < -0.3 is 5.32 Å². The molecule has 2 N–H and O–H groups in total. The van der Waals surface area contributed by atoms with Crippen LogP contribution in [0.25, 0.3) is 0 Å². The summed E-state index contributed by atoms with van der Waals surface area (Å²) in [6.45, 7) is 2.35. The first-order chi connectivity index (χ1) is 9.95. The Balaban J connectivity index is 2.44. The second kappa shape index (κ2) is 6.28. The maximum atomic E-state index is 13.7. The van der Waals surface area contributed by atoms with Gasteiger partial charge in [-0.3, -0.25) is 4.72 Å². The van der Waals surface area contributed by atoms with Crippen LogP contribution in [-0.2, 0) is 10.0 Å². The Hall–Kier alpha value is -1.86. The molecule has 0 saturated carbocycles. The van der Waals surface area contributed by atoms with E-state index in [0.717, 1.165) is 6.07 Å². The fourth-order valence-electron chi connectivity index (χ4n) is 1.71. The average molecular weight is 330 g/mol. The quantitative estimate of drug-likeness (QED) is 0.884. The highest BCUT2D eigenvalue weighted by atomic mass is 35.5. The number of hydrogen-bond acceptors (Lipinski definition) is 4. The topological polar surface area (TPSA) is 71.1 Å². The first-order valence-electron chi connectivity index (χ1n) is 6.11. The molecule has 2 aromatic rings. The van der Waals surface area contributed by atoms with Crippen LogP contribution in [0.5, 0.6) is 0 Å². The summed E-state index contributed by atoms with van der Waals surface area (Å²) in [5.74, 6) is -0.757. The standard InChI is InChI=1S/C13H13ClFN3O2S/c1-2-16-11-7-4-8-17-13(11)21(19,20)18-12-9(14)5-3-6-10(12)15/h3-8,16,18H,2H2,1H3. The van der Waals surface area contributed by atoms with Gasteiger partial charge in [-0.2, -0.15) is 8.42 Å². The van der Waals surface area contributed by atoms with Crippen LogP contribution >= 0.6 is 11.6 Å². The number of anilines is 2. The van der Waals surface area contributed by atoms with Crippen LogP contribution in [0.4, 0.5) is 15.8 Å². The van der Waals surface area contributed by atoms with Crippen molar-refractivity contribution in [2.24, 2.45) is 0 Å². The number of rotatable bonds is 5. The van der Waals surface area contributed by atoms with Crippen molar-refractivity contribution in [2.45, 2.75) is 11.9 Å². The molecule has 0 spiro atoms. The number of sulfonamides is 1. The minimum absolute atomic E-state index is 0.0282. The zero-order chi connectivity index (χ0) is 15.5. The molecule has 112 valence electrons. The van der Waals surface area contributed by atoms with E-state index in [4.69, 9.17) is 11.6 Å². The lowest BCUT2D eigenvalue weighted by Crippen LogP contribution is -2.18. The van der Waals surface area contributed by atoms with E-state index in [-0.39, 0.29) is 15.7 Å². The number of nitrogens with zero attached hydrogens (tertiary/aromatic N) is 1. The zero-order valence-electron chi connectivity index (χ0n) is 11.1. The van der Waals surface area contributed by atoms with E-state index < -0.39 is 15.8 Å². The summed E-state index contributed by atoms with van der Waals surface area (Å²) in [6.07, 6.45) is 1.35. The lowest BCUT2D eigenvalue weighted by Gasteiger charge is -2.13.